The third-order valence-electron chi connectivity index (χ3n) is 5.83. The average Bonchev–Trinajstić information content (AvgIpc) is 3.18. The van der Waals surface area contributed by atoms with Gasteiger partial charge in [-0.2, -0.15) is 5.10 Å². The summed E-state index contributed by atoms with van der Waals surface area (Å²) in [6, 6.07) is 17.9. The van der Waals surface area contributed by atoms with Gasteiger partial charge in [0.05, 0.1) is 11.4 Å². The summed E-state index contributed by atoms with van der Waals surface area (Å²) in [5, 5.41) is 7.57. The van der Waals surface area contributed by atoms with E-state index in [0.29, 0.717) is 29.9 Å². The summed E-state index contributed by atoms with van der Waals surface area (Å²) in [5.41, 5.74) is 5.52. The second-order valence-electron chi connectivity index (χ2n) is 8.06. The van der Waals surface area contributed by atoms with Crippen molar-refractivity contribution in [2.75, 3.05) is 0 Å². The van der Waals surface area contributed by atoms with Crippen LogP contribution in [0.5, 0.6) is 0 Å². The van der Waals surface area contributed by atoms with Crippen molar-refractivity contribution in [2.24, 2.45) is 0 Å². The fourth-order valence-corrected chi connectivity index (χ4v) is 3.93. The van der Waals surface area contributed by atoms with Gasteiger partial charge in [-0.15, -0.1) is 0 Å². The lowest BCUT2D eigenvalue weighted by molar-refractivity contribution is -0.121. The number of nitrogens with one attached hydrogen (secondary N) is 1. The van der Waals surface area contributed by atoms with E-state index < -0.39 is 0 Å². The maximum absolute atomic E-state index is 13.2. The van der Waals surface area contributed by atoms with E-state index in [1.807, 2.05) is 56.3 Å². The minimum absolute atomic E-state index is 0.101. The van der Waals surface area contributed by atoms with E-state index in [1.54, 1.807) is 9.25 Å². The third-order valence-corrected chi connectivity index (χ3v) is 5.83. The van der Waals surface area contributed by atoms with Crippen molar-refractivity contribution < 1.29 is 4.79 Å². The van der Waals surface area contributed by atoms with Gasteiger partial charge in [-0.25, -0.2) is 9.67 Å². The Kier molecular flexibility index (Phi) is 6.68. The number of carbonyl (C=O) groups excluding carboxylic acids is 1. The summed E-state index contributed by atoms with van der Waals surface area (Å²) >= 11 is 0. The molecule has 0 aliphatic heterocycles. The smallest absolute Gasteiger partial charge is 0.273 e. The van der Waals surface area contributed by atoms with Gasteiger partial charge in [0, 0.05) is 25.9 Å². The first-order valence-electron chi connectivity index (χ1n) is 11.4. The van der Waals surface area contributed by atoms with Gasteiger partial charge in [-0.3, -0.25) is 14.2 Å². The number of rotatable bonds is 8. The summed E-state index contributed by atoms with van der Waals surface area (Å²) in [7, 11) is 0. The molecule has 4 rings (SSSR count). The van der Waals surface area contributed by atoms with Crippen LogP contribution in [0, 0.1) is 6.92 Å². The van der Waals surface area contributed by atoms with Gasteiger partial charge in [0.15, 0.2) is 5.65 Å². The molecule has 0 bridgehead atoms. The topological polar surface area (TPSA) is 81.8 Å². The summed E-state index contributed by atoms with van der Waals surface area (Å²) in [6.07, 6.45) is 1.48. The highest BCUT2D eigenvalue weighted by atomic mass is 16.1. The van der Waals surface area contributed by atoms with Crippen LogP contribution in [0.1, 0.15) is 42.8 Å². The van der Waals surface area contributed by atoms with Crippen molar-refractivity contribution in [1.82, 2.24) is 24.6 Å². The van der Waals surface area contributed by atoms with E-state index >= 15 is 0 Å². The number of benzene rings is 2. The lowest BCUT2D eigenvalue weighted by Crippen LogP contribution is -2.28. The predicted octanol–water partition coefficient (Wildman–Crippen LogP) is 3.72. The molecule has 1 amide bonds. The zero-order chi connectivity index (χ0) is 23.4. The lowest BCUT2D eigenvalue weighted by atomic mass is 10.1. The fourth-order valence-electron chi connectivity index (χ4n) is 3.93. The van der Waals surface area contributed by atoms with Crippen LogP contribution in [0.3, 0.4) is 0 Å². The zero-order valence-corrected chi connectivity index (χ0v) is 19.3. The van der Waals surface area contributed by atoms with Crippen LogP contribution in [-0.4, -0.2) is 25.2 Å². The molecule has 2 aromatic heterocycles. The Bertz CT molecular complexity index is 1320. The molecule has 0 fully saturated rings. The van der Waals surface area contributed by atoms with E-state index in [4.69, 9.17) is 0 Å². The first-order chi connectivity index (χ1) is 16.0. The molecular weight excluding hydrogens is 414 g/mol. The number of aromatic nitrogens is 4. The van der Waals surface area contributed by atoms with E-state index in [0.717, 1.165) is 23.4 Å². The SMILES string of the molecule is CCc1ccc(CNC(=O)CCc2nc3c(C)nn(-c4ccccc4)c3n(CC)c2=O)cc1. The van der Waals surface area contributed by atoms with E-state index in [1.165, 1.54) is 5.56 Å². The standard InChI is InChI=1S/C26H29N5O2/c1-4-19-11-13-20(14-12-19)17-27-23(32)16-15-22-26(33)30(5-2)25-24(28-22)18(3)29-31(25)21-9-7-6-8-10-21/h6-14H,4-5,15-17H2,1-3H3,(H,27,32). The highest BCUT2D eigenvalue weighted by molar-refractivity contribution is 5.77. The quantitative estimate of drug-likeness (QED) is 0.450. The van der Waals surface area contributed by atoms with Gasteiger partial charge < -0.3 is 5.32 Å². The van der Waals surface area contributed by atoms with Crippen LogP contribution < -0.4 is 10.9 Å². The molecule has 0 saturated heterocycles. The van der Waals surface area contributed by atoms with Crippen molar-refractivity contribution in [3.63, 3.8) is 0 Å². The Labute approximate surface area is 193 Å². The Balaban J connectivity index is 1.53. The summed E-state index contributed by atoms with van der Waals surface area (Å²) in [4.78, 5) is 30.3. The molecule has 0 spiro atoms. The number of nitrogens with zero attached hydrogens (tertiary/aromatic N) is 4. The van der Waals surface area contributed by atoms with Crippen LogP contribution in [-0.2, 0) is 30.7 Å². The molecular formula is C26H29N5O2. The van der Waals surface area contributed by atoms with Crippen molar-refractivity contribution in [3.8, 4) is 5.69 Å². The summed E-state index contributed by atoms with van der Waals surface area (Å²) < 4.78 is 3.46. The molecule has 7 nitrogen and oxygen atoms in total. The Morgan fingerprint density at radius 3 is 2.36 bits per heavy atom. The largest absolute Gasteiger partial charge is 0.352 e. The van der Waals surface area contributed by atoms with Gasteiger partial charge >= 0.3 is 0 Å². The molecule has 4 aromatic rings. The van der Waals surface area contributed by atoms with Gasteiger partial charge in [0.25, 0.3) is 5.56 Å². The molecule has 0 radical (unpaired) electrons. The van der Waals surface area contributed by atoms with Gasteiger partial charge in [-0.1, -0.05) is 49.4 Å². The number of carbonyl (C=O) groups is 1. The maximum atomic E-state index is 13.2. The second-order valence-corrected chi connectivity index (χ2v) is 8.06. The van der Waals surface area contributed by atoms with Crippen LogP contribution in [0.15, 0.2) is 59.4 Å². The minimum atomic E-state index is -0.176. The van der Waals surface area contributed by atoms with Crippen molar-refractivity contribution in [2.45, 2.75) is 53.1 Å². The zero-order valence-electron chi connectivity index (χ0n) is 19.3. The Morgan fingerprint density at radius 2 is 1.70 bits per heavy atom. The van der Waals surface area contributed by atoms with Crippen molar-refractivity contribution in [1.29, 1.82) is 0 Å². The minimum Gasteiger partial charge on any atom is -0.352 e. The molecule has 2 heterocycles. The number of para-hydroxylation sites is 1. The van der Waals surface area contributed by atoms with Gasteiger partial charge in [0.2, 0.25) is 5.91 Å². The summed E-state index contributed by atoms with van der Waals surface area (Å²) in [6.45, 7) is 6.89. The molecule has 0 saturated carbocycles. The van der Waals surface area contributed by atoms with Crippen LogP contribution in [0.2, 0.25) is 0 Å². The van der Waals surface area contributed by atoms with Crippen LogP contribution in [0.25, 0.3) is 16.9 Å². The molecule has 0 aliphatic carbocycles. The fraction of sp³-hybridized carbons (Fsp3) is 0.308. The van der Waals surface area contributed by atoms with Gasteiger partial charge in [-0.05, 0) is 43.5 Å². The Hall–Kier alpha value is -3.74. The first-order valence-corrected chi connectivity index (χ1v) is 11.4. The second kappa shape index (κ2) is 9.81. The number of hydrogen-bond acceptors (Lipinski definition) is 4. The normalized spacial score (nSPS) is 11.1. The third kappa shape index (κ3) is 4.72. The highest BCUT2D eigenvalue weighted by Crippen LogP contribution is 2.20. The molecule has 2 aromatic carbocycles. The molecule has 170 valence electrons. The first kappa shape index (κ1) is 22.5. The van der Waals surface area contributed by atoms with E-state index in [-0.39, 0.29) is 24.3 Å². The van der Waals surface area contributed by atoms with Crippen LogP contribution in [0.4, 0.5) is 0 Å². The Morgan fingerprint density at radius 1 is 1.00 bits per heavy atom. The summed E-state index contributed by atoms with van der Waals surface area (Å²) in [5.74, 6) is -0.101. The van der Waals surface area contributed by atoms with E-state index in [2.05, 4.69) is 34.5 Å². The van der Waals surface area contributed by atoms with E-state index in [9.17, 15) is 9.59 Å². The molecule has 1 N–H and O–H groups in total. The maximum Gasteiger partial charge on any atom is 0.273 e. The molecule has 0 aliphatic rings. The monoisotopic (exact) mass is 443 g/mol. The molecule has 7 heteroatoms. The molecule has 33 heavy (non-hydrogen) atoms. The van der Waals surface area contributed by atoms with Crippen molar-refractivity contribution in [3.05, 3.63) is 87.5 Å². The number of amides is 1. The van der Waals surface area contributed by atoms with Crippen LogP contribution >= 0.6 is 0 Å². The molecule has 0 unspecified atom stereocenters. The predicted molar refractivity (Wildman–Crippen MR) is 130 cm³/mol. The number of hydrogen-bond donors (Lipinski definition) is 1. The van der Waals surface area contributed by atoms with Gasteiger partial charge in [0.1, 0.15) is 11.2 Å². The van der Waals surface area contributed by atoms with Crippen molar-refractivity contribution >= 4 is 17.1 Å². The lowest BCUT2D eigenvalue weighted by Gasteiger charge is -2.11. The average molecular weight is 444 g/mol. The number of aryl methyl sites for hydroxylation is 4. The number of fused-ring (bicyclic) bond motifs is 1. The molecule has 0 atom stereocenters. The highest BCUT2D eigenvalue weighted by Gasteiger charge is 2.19.